The van der Waals surface area contributed by atoms with E-state index in [4.69, 9.17) is 0 Å². The number of aryl methyl sites for hydroxylation is 1. The van der Waals surface area contributed by atoms with Crippen LogP contribution in [0.15, 0.2) is 42.5 Å². The molecule has 2 aliphatic heterocycles. The van der Waals surface area contributed by atoms with Crippen LogP contribution in [0.5, 0.6) is 0 Å². The molecule has 1 saturated heterocycles. The number of hydrogen-bond acceptors (Lipinski definition) is 4. The summed E-state index contributed by atoms with van der Waals surface area (Å²) >= 11 is 0. The number of nitrogens with one attached hydrogen (secondary N) is 2. The fraction of sp³-hybridized carbons (Fsp3) is 0.391. The summed E-state index contributed by atoms with van der Waals surface area (Å²) < 4.78 is 13.1. The van der Waals surface area contributed by atoms with Gasteiger partial charge in [-0.05, 0) is 66.9 Å². The molecule has 1 fully saturated rings. The number of benzene rings is 2. The maximum absolute atomic E-state index is 13.1. The van der Waals surface area contributed by atoms with Crippen molar-refractivity contribution < 1.29 is 14.0 Å². The van der Waals surface area contributed by atoms with Crippen LogP contribution in [0.3, 0.4) is 0 Å². The second-order valence-electron chi connectivity index (χ2n) is 7.79. The molecule has 0 atom stereocenters. The molecule has 0 saturated carbocycles. The van der Waals surface area contributed by atoms with Gasteiger partial charge in [0.25, 0.3) is 5.91 Å². The molecule has 2 aromatic rings. The summed E-state index contributed by atoms with van der Waals surface area (Å²) in [5, 5.41) is 6.13. The minimum atomic E-state index is -0.256. The van der Waals surface area contributed by atoms with E-state index in [9.17, 15) is 14.0 Å². The van der Waals surface area contributed by atoms with Crippen LogP contribution in [0.2, 0.25) is 0 Å². The fourth-order valence-electron chi connectivity index (χ4n) is 4.04. The number of carbonyl (C=O) groups is 2. The lowest BCUT2D eigenvalue weighted by Crippen LogP contribution is -2.51. The number of carbonyl (C=O) groups excluding carboxylic acids is 2. The molecule has 0 radical (unpaired) electrons. The smallest absolute Gasteiger partial charge is 0.251 e. The van der Waals surface area contributed by atoms with Gasteiger partial charge in [-0.25, -0.2) is 4.39 Å². The van der Waals surface area contributed by atoms with Crippen molar-refractivity contribution in [1.29, 1.82) is 0 Å². The Labute approximate surface area is 176 Å². The summed E-state index contributed by atoms with van der Waals surface area (Å²) in [6.07, 6.45) is 2.12. The number of piperazine rings is 1. The first-order chi connectivity index (χ1) is 14.6. The zero-order chi connectivity index (χ0) is 20.9. The summed E-state index contributed by atoms with van der Waals surface area (Å²) in [5.74, 6) is -0.562. The lowest BCUT2D eigenvalue weighted by Gasteiger charge is -2.36. The molecule has 2 amide bonds. The van der Waals surface area contributed by atoms with Crippen molar-refractivity contribution in [1.82, 2.24) is 15.5 Å². The quantitative estimate of drug-likeness (QED) is 0.809. The van der Waals surface area contributed by atoms with Gasteiger partial charge >= 0.3 is 0 Å². The third-order valence-corrected chi connectivity index (χ3v) is 5.81. The van der Waals surface area contributed by atoms with Crippen molar-refractivity contribution in [2.24, 2.45) is 0 Å². The SMILES string of the molecule is O=C(NCC(=O)N1CCN(c2ccc(F)cc2)CC1)c1ccc2c(c1)CNCCC2. The fourth-order valence-corrected chi connectivity index (χ4v) is 4.04. The largest absolute Gasteiger partial charge is 0.368 e. The Morgan fingerprint density at radius 3 is 2.53 bits per heavy atom. The van der Waals surface area contributed by atoms with Gasteiger partial charge in [0.15, 0.2) is 0 Å². The number of hydrogen-bond donors (Lipinski definition) is 2. The molecule has 2 N–H and O–H groups in total. The second-order valence-corrected chi connectivity index (χ2v) is 7.79. The number of anilines is 1. The van der Waals surface area contributed by atoms with Crippen LogP contribution in [0.25, 0.3) is 0 Å². The maximum Gasteiger partial charge on any atom is 0.251 e. The van der Waals surface area contributed by atoms with Crippen molar-refractivity contribution in [3.8, 4) is 0 Å². The molecule has 0 bridgehead atoms. The van der Waals surface area contributed by atoms with Gasteiger partial charge in [0.05, 0.1) is 6.54 Å². The van der Waals surface area contributed by atoms with Crippen LogP contribution in [-0.4, -0.2) is 56.0 Å². The highest BCUT2D eigenvalue weighted by Gasteiger charge is 2.22. The first-order valence-corrected chi connectivity index (χ1v) is 10.5. The van der Waals surface area contributed by atoms with Gasteiger partial charge in [0.1, 0.15) is 5.82 Å². The Morgan fingerprint density at radius 2 is 1.77 bits per heavy atom. The van der Waals surface area contributed by atoms with Crippen molar-refractivity contribution in [3.05, 3.63) is 65.0 Å². The molecule has 2 aromatic carbocycles. The van der Waals surface area contributed by atoms with Gasteiger partial charge in [-0.3, -0.25) is 9.59 Å². The lowest BCUT2D eigenvalue weighted by molar-refractivity contribution is -0.130. The van der Waals surface area contributed by atoms with E-state index in [1.165, 1.54) is 17.7 Å². The number of amides is 2. The normalized spacial score (nSPS) is 16.6. The van der Waals surface area contributed by atoms with Crippen molar-refractivity contribution in [3.63, 3.8) is 0 Å². The molecule has 6 nitrogen and oxygen atoms in total. The molecule has 158 valence electrons. The molecule has 7 heteroatoms. The van der Waals surface area contributed by atoms with Gasteiger partial charge < -0.3 is 20.4 Å². The zero-order valence-electron chi connectivity index (χ0n) is 17.0. The maximum atomic E-state index is 13.1. The van der Waals surface area contributed by atoms with Crippen LogP contribution in [-0.2, 0) is 17.8 Å². The lowest BCUT2D eigenvalue weighted by atomic mass is 10.0. The monoisotopic (exact) mass is 410 g/mol. The van der Waals surface area contributed by atoms with Crippen LogP contribution in [0.1, 0.15) is 27.9 Å². The van der Waals surface area contributed by atoms with E-state index in [1.54, 1.807) is 17.0 Å². The Kier molecular flexibility index (Phi) is 6.28. The topological polar surface area (TPSA) is 64.7 Å². The minimum absolute atomic E-state index is 0.00921. The summed E-state index contributed by atoms with van der Waals surface area (Å²) in [6.45, 7) is 4.27. The first kappa shape index (κ1) is 20.3. The number of rotatable bonds is 4. The van der Waals surface area contributed by atoms with E-state index >= 15 is 0 Å². The van der Waals surface area contributed by atoms with E-state index < -0.39 is 0 Å². The second kappa shape index (κ2) is 9.26. The molecular formula is C23H27FN4O2. The average molecular weight is 410 g/mol. The van der Waals surface area contributed by atoms with Gasteiger partial charge in [-0.1, -0.05) is 6.07 Å². The first-order valence-electron chi connectivity index (χ1n) is 10.5. The van der Waals surface area contributed by atoms with E-state index in [0.717, 1.165) is 37.2 Å². The third kappa shape index (κ3) is 4.79. The van der Waals surface area contributed by atoms with Gasteiger partial charge in [0, 0.05) is 44.0 Å². The highest BCUT2D eigenvalue weighted by molar-refractivity contribution is 5.96. The molecule has 4 rings (SSSR count). The Balaban J connectivity index is 1.27. The van der Waals surface area contributed by atoms with Gasteiger partial charge in [0.2, 0.25) is 5.91 Å². The standard InChI is InChI=1S/C23H27FN4O2/c24-20-5-7-21(8-6-20)27-10-12-28(13-11-27)22(29)16-26-23(30)18-4-3-17-2-1-9-25-15-19(17)14-18/h3-8,14,25H,1-2,9-13,15-16H2,(H,26,30). The summed E-state index contributed by atoms with van der Waals surface area (Å²) in [4.78, 5) is 29.0. The molecule has 2 heterocycles. The number of nitrogens with zero attached hydrogens (tertiary/aromatic N) is 2. The summed E-state index contributed by atoms with van der Waals surface area (Å²) in [5.41, 5.74) is 3.98. The molecule has 30 heavy (non-hydrogen) atoms. The highest BCUT2D eigenvalue weighted by Crippen LogP contribution is 2.18. The highest BCUT2D eigenvalue weighted by atomic mass is 19.1. The predicted octanol–water partition coefficient (Wildman–Crippen LogP) is 1.94. The molecule has 0 unspecified atom stereocenters. The van der Waals surface area contributed by atoms with E-state index in [-0.39, 0.29) is 24.2 Å². The van der Waals surface area contributed by atoms with Gasteiger partial charge in [-0.2, -0.15) is 0 Å². The molecule has 2 aliphatic rings. The Morgan fingerprint density at radius 1 is 1.00 bits per heavy atom. The molecule has 0 spiro atoms. The summed E-state index contributed by atoms with van der Waals surface area (Å²) in [6, 6.07) is 12.2. The number of halogens is 1. The Bertz CT molecular complexity index is 908. The van der Waals surface area contributed by atoms with Gasteiger partial charge in [-0.15, -0.1) is 0 Å². The van der Waals surface area contributed by atoms with Crippen LogP contribution in [0, 0.1) is 5.82 Å². The minimum Gasteiger partial charge on any atom is -0.368 e. The Hall–Kier alpha value is -2.93. The van der Waals surface area contributed by atoms with Crippen molar-refractivity contribution >= 4 is 17.5 Å². The average Bonchev–Trinajstić information content (AvgIpc) is 3.03. The molecule has 0 aromatic heterocycles. The van der Waals surface area contributed by atoms with Crippen molar-refractivity contribution in [2.45, 2.75) is 19.4 Å². The molecular weight excluding hydrogens is 383 g/mol. The van der Waals surface area contributed by atoms with Crippen LogP contribution < -0.4 is 15.5 Å². The van der Waals surface area contributed by atoms with Crippen LogP contribution in [0.4, 0.5) is 10.1 Å². The number of fused-ring (bicyclic) bond motifs is 1. The summed E-state index contributed by atoms with van der Waals surface area (Å²) in [7, 11) is 0. The third-order valence-electron chi connectivity index (χ3n) is 5.81. The van der Waals surface area contributed by atoms with Crippen molar-refractivity contribution in [2.75, 3.05) is 44.2 Å². The van der Waals surface area contributed by atoms with Crippen LogP contribution >= 0.6 is 0 Å². The predicted molar refractivity (Wildman–Crippen MR) is 114 cm³/mol. The molecule has 0 aliphatic carbocycles. The van der Waals surface area contributed by atoms with E-state index in [0.29, 0.717) is 31.7 Å². The zero-order valence-corrected chi connectivity index (χ0v) is 17.0. The van der Waals surface area contributed by atoms with E-state index in [1.807, 2.05) is 18.2 Å². The van der Waals surface area contributed by atoms with E-state index in [2.05, 4.69) is 15.5 Å².